The van der Waals surface area contributed by atoms with E-state index in [4.69, 9.17) is 16.3 Å². The van der Waals surface area contributed by atoms with Crippen LogP contribution in [0.4, 0.5) is 4.79 Å². The quantitative estimate of drug-likeness (QED) is 0.817. The number of hydrogen-bond donors (Lipinski definition) is 0. The van der Waals surface area contributed by atoms with E-state index in [2.05, 4.69) is 0 Å². The maximum atomic E-state index is 12.6. The minimum absolute atomic E-state index is 0.0778. The Balaban J connectivity index is 1.71. The number of piperidine rings is 1. The molecule has 0 unspecified atom stereocenters. The molecule has 2 fully saturated rings. The van der Waals surface area contributed by atoms with Crippen LogP contribution < -0.4 is 4.74 Å². The summed E-state index contributed by atoms with van der Waals surface area (Å²) in [5.41, 5.74) is 2.20. The van der Waals surface area contributed by atoms with Crippen molar-refractivity contribution >= 4 is 6.09 Å². The molecule has 2 aliphatic carbocycles. The summed E-state index contributed by atoms with van der Waals surface area (Å²) in [6, 6.07) is 5.51. The van der Waals surface area contributed by atoms with Gasteiger partial charge in [-0.3, -0.25) is 0 Å². The van der Waals surface area contributed by atoms with E-state index in [1.54, 1.807) is 6.07 Å². The lowest BCUT2D eigenvalue weighted by Crippen LogP contribution is -2.62. The standard InChI is InChI=1S/C21H29NO3/c1-3-24-16-9-8-15-13-19-17-7-5-6-10-21(17,18(15)14-16)11-12-22(19)20(23)25-4-2/h8-9,14,17,19H,3-7,10-13H2,1-2H3/t17-,19+,21+/m1/s1/i1D3,3D2. The Morgan fingerprint density at radius 3 is 3.20 bits per heavy atom. The van der Waals surface area contributed by atoms with Crippen molar-refractivity contribution in [2.75, 3.05) is 19.7 Å². The molecule has 1 aromatic rings. The number of carbonyl (C=O) groups excluding carboxylic acids is 1. The van der Waals surface area contributed by atoms with E-state index in [1.807, 2.05) is 24.0 Å². The zero-order valence-corrected chi connectivity index (χ0v) is 14.7. The smallest absolute Gasteiger partial charge is 0.410 e. The van der Waals surface area contributed by atoms with Gasteiger partial charge in [0.05, 0.1) is 15.9 Å². The van der Waals surface area contributed by atoms with Gasteiger partial charge >= 0.3 is 6.09 Å². The summed E-state index contributed by atoms with van der Waals surface area (Å²) in [5, 5.41) is 0. The number of carbonyl (C=O) groups is 1. The van der Waals surface area contributed by atoms with Crippen LogP contribution in [0, 0.1) is 5.92 Å². The number of hydrogen-bond acceptors (Lipinski definition) is 3. The fraction of sp³-hybridized carbons (Fsp3) is 0.667. The van der Waals surface area contributed by atoms with E-state index < -0.39 is 13.4 Å². The average Bonchev–Trinajstić information content (AvgIpc) is 2.67. The minimum atomic E-state index is -2.87. The molecule has 136 valence electrons. The molecule has 4 rings (SSSR count). The van der Waals surface area contributed by atoms with Gasteiger partial charge in [-0.15, -0.1) is 0 Å². The number of ether oxygens (including phenoxy) is 2. The SMILES string of the molecule is [2H]C([2H])([2H])C([2H])([2H])Oc1ccc2c(c1)[C@]13CCCC[C@@H]1[C@H](C2)N(C(=O)OCC)CC3. The molecule has 1 aromatic carbocycles. The van der Waals surface area contributed by atoms with Gasteiger partial charge in [-0.05, 0) is 68.6 Å². The van der Waals surface area contributed by atoms with Crippen molar-refractivity contribution in [1.82, 2.24) is 4.90 Å². The zero-order chi connectivity index (χ0) is 21.7. The van der Waals surface area contributed by atoms with Gasteiger partial charge in [0, 0.05) is 22.1 Å². The topological polar surface area (TPSA) is 38.8 Å². The van der Waals surface area contributed by atoms with E-state index in [0.717, 1.165) is 49.7 Å². The molecule has 4 heteroatoms. The molecule has 1 amide bonds. The van der Waals surface area contributed by atoms with Crippen LogP contribution in [0.3, 0.4) is 0 Å². The summed E-state index contributed by atoms with van der Waals surface area (Å²) >= 11 is 0. The summed E-state index contributed by atoms with van der Waals surface area (Å²) in [6.45, 7) is -2.80. The van der Waals surface area contributed by atoms with Gasteiger partial charge in [0.15, 0.2) is 0 Å². The third-order valence-corrected chi connectivity index (χ3v) is 6.48. The van der Waals surface area contributed by atoms with Crippen LogP contribution in [0.2, 0.25) is 0 Å². The van der Waals surface area contributed by atoms with Crippen molar-refractivity contribution in [3.05, 3.63) is 29.3 Å². The first-order valence-corrected chi connectivity index (χ1v) is 9.35. The van der Waals surface area contributed by atoms with E-state index in [9.17, 15) is 4.79 Å². The van der Waals surface area contributed by atoms with Gasteiger partial charge in [0.1, 0.15) is 5.75 Å². The number of likely N-dealkylation sites (tertiary alicyclic amines) is 1. The lowest BCUT2D eigenvalue weighted by molar-refractivity contribution is -0.0110. The second kappa shape index (κ2) is 6.54. The van der Waals surface area contributed by atoms with E-state index in [0.29, 0.717) is 19.1 Å². The Morgan fingerprint density at radius 2 is 2.36 bits per heavy atom. The highest BCUT2D eigenvalue weighted by molar-refractivity contribution is 5.69. The van der Waals surface area contributed by atoms with Crippen molar-refractivity contribution in [1.29, 1.82) is 0 Å². The minimum Gasteiger partial charge on any atom is -0.494 e. The van der Waals surface area contributed by atoms with Gasteiger partial charge in [0.2, 0.25) is 0 Å². The highest BCUT2D eigenvalue weighted by atomic mass is 16.6. The van der Waals surface area contributed by atoms with Crippen LogP contribution in [0.5, 0.6) is 5.75 Å². The molecule has 2 bridgehead atoms. The van der Waals surface area contributed by atoms with E-state index in [1.165, 1.54) is 0 Å². The molecule has 25 heavy (non-hydrogen) atoms. The predicted molar refractivity (Wildman–Crippen MR) is 97.1 cm³/mol. The maximum absolute atomic E-state index is 12.6. The van der Waals surface area contributed by atoms with E-state index >= 15 is 0 Å². The maximum Gasteiger partial charge on any atom is 0.410 e. The molecule has 1 aliphatic heterocycles. The Morgan fingerprint density at radius 1 is 1.44 bits per heavy atom. The number of benzene rings is 1. The average molecular weight is 348 g/mol. The number of amides is 1. The highest BCUT2D eigenvalue weighted by Gasteiger charge is 2.55. The Kier molecular flexibility index (Phi) is 3.09. The third-order valence-electron chi connectivity index (χ3n) is 6.48. The summed E-state index contributed by atoms with van der Waals surface area (Å²) in [7, 11) is 0. The molecule has 1 saturated heterocycles. The zero-order valence-electron chi connectivity index (χ0n) is 19.7. The van der Waals surface area contributed by atoms with E-state index in [-0.39, 0.29) is 23.3 Å². The molecule has 3 aliphatic rings. The molecule has 1 saturated carbocycles. The lowest BCUT2D eigenvalue weighted by Gasteiger charge is -2.58. The number of nitrogens with zero attached hydrogens (tertiary/aromatic N) is 1. The first kappa shape index (κ1) is 11.8. The van der Waals surface area contributed by atoms with Crippen LogP contribution in [-0.4, -0.2) is 36.7 Å². The molecular weight excluding hydrogens is 314 g/mol. The van der Waals surface area contributed by atoms with Crippen molar-refractivity contribution < 1.29 is 21.1 Å². The molecule has 0 aromatic heterocycles. The van der Waals surface area contributed by atoms with Crippen LogP contribution in [0.1, 0.15) is 63.9 Å². The van der Waals surface area contributed by atoms with Gasteiger partial charge < -0.3 is 14.4 Å². The van der Waals surface area contributed by atoms with Gasteiger partial charge in [-0.2, -0.15) is 0 Å². The number of fused-ring (bicyclic) bond motifs is 1. The highest BCUT2D eigenvalue weighted by Crippen LogP contribution is 2.56. The van der Waals surface area contributed by atoms with Crippen LogP contribution in [0.25, 0.3) is 0 Å². The Hall–Kier alpha value is -1.71. The van der Waals surface area contributed by atoms with Crippen molar-refractivity contribution in [2.45, 2.75) is 63.8 Å². The lowest BCUT2D eigenvalue weighted by atomic mass is 9.52. The summed E-state index contributed by atoms with van der Waals surface area (Å²) in [6.07, 6.45) is 5.63. The van der Waals surface area contributed by atoms with Gasteiger partial charge in [0.25, 0.3) is 0 Å². The van der Waals surface area contributed by atoms with Crippen molar-refractivity contribution in [2.24, 2.45) is 5.92 Å². The van der Waals surface area contributed by atoms with Gasteiger partial charge in [-0.25, -0.2) is 4.79 Å². The second-order valence-electron chi connectivity index (χ2n) is 7.45. The second-order valence-corrected chi connectivity index (χ2v) is 7.45. The molecule has 3 atom stereocenters. The fourth-order valence-corrected chi connectivity index (χ4v) is 5.54. The normalized spacial score (nSPS) is 34.3. The number of rotatable bonds is 3. The first-order chi connectivity index (χ1) is 14.1. The summed E-state index contributed by atoms with van der Waals surface area (Å²) < 4.78 is 48.5. The largest absolute Gasteiger partial charge is 0.494 e. The molecule has 0 radical (unpaired) electrons. The van der Waals surface area contributed by atoms with Crippen LogP contribution >= 0.6 is 0 Å². The Bertz CT molecular complexity index is 827. The van der Waals surface area contributed by atoms with Crippen molar-refractivity contribution in [3.8, 4) is 5.75 Å². The van der Waals surface area contributed by atoms with Gasteiger partial charge in [-0.1, -0.05) is 18.9 Å². The monoisotopic (exact) mass is 348 g/mol. The molecule has 0 spiro atoms. The molecule has 4 nitrogen and oxygen atoms in total. The summed E-state index contributed by atoms with van der Waals surface area (Å²) in [5.74, 6) is 0.575. The fourth-order valence-electron chi connectivity index (χ4n) is 5.54. The molecule has 0 N–H and O–H groups in total. The van der Waals surface area contributed by atoms with Crippen molar-refractivity contribution in [3.63, 3.8) is 0 Å². The molecular formula is C21H29NO3. The first-order valence-electron chi connectivity index (χ1n) is 11.8. The van der Waals surface area contributed by atoms with Crippen LogP contribution in [0.15, 0.2) is 18.2 Å². The molecule has 1 heterocycles. The summed E-state index contributed by atoms with van der Waals surface area (Å²) in [4.78, 5) is 14.5. The van der Waals surface area contributed by atoms with Crippen LogP contribution in [-0.2, 0) is 16.6 Å². The Labute approximate surface area is 157 Å². The predicted octanol–water partition coefficient (Wildman–Crippen LogP) is 4.30. The third kappa shape index (κ3) is 2.61.